The molecule has 3 amide bonds. The van der Waals surface area contributed by atoms with Crippen molar-refractivity contribution in [2.75, 3.05) is 39.4 Å². The highest BCUT2D eigenvalue weighted by atomic mass is 16.6. The van der Waals surface area contributed by atoms with Gasteiger partial charge >= 0.3 is 12.2 Å². The third-order valence-corrected chi connectivity index (χ3v) is 9.51. The molecule has 1 aromatic rings. The number of ether oxygens (including phenoxy) is 3. The average molecular weight is 644 g/mol. The summed E-state index contributed by atoms with van der Waals surface area (Å²) in [6.07, 6.45) is 8.90. The summed E-state index contributed by atoms with van der Waals surface area (Å²) in [5.74, 6) is 1.57. The molecule has 1 aliphatic heterocycles. The first kappa shape index (κ1) is 34.1. The van der Waals surface area contributed by atoms with Crippen molar-refractivity contribution in [1.82, 2.24) is 24.9 Å². The van der Waals surface area contributed by atoms with Crippen molar-refractivity contribution in [1.29, 1.82) is 0 Å². The topological polar surface area (TPSA) is 135 Å². The fourth-order valence-corrected chi connectivity index (χ4v) is 7.51. The number of hydrogen-bond acceptors (Lipinski definition) is 8. The highest BCUT2D eigenvalue weighted by molar-refractivity contribution is 5.96. The van der Waals surface area contributed by atoms with Gasteiger partial charge in [0.2, 0.25) is 5.88 Å². The predicted octanol–water partition coefficient (Wildman–Crippen LogP) is 4.77. The van der Waals surface area contributed by atoms with Crippen LogP contribution in [0.3, 0.4) is 0 Å². The van der Waals surface area contributed by atoms with Crippen molar-refractivity contribution in [3.8, 4) is 5.88 Å². The molecule has 2 atom stereocenters. The molecule has 0 aromatic carbocycles. The van der Waals surface area contributed by atoms with Crippen molar-refractivity contribution >= 4 is 24.3 Å². The van der Waals surface area contributed by atoms with Crippen LogP contribution in [0.25, 0.3) is 6.20 Å². The molecule has 0 spiro atoms. The van der Waals surface area contributed by atoms with Gasteiger partial charge in [-0.1, -0.05) is 33.8 Å². The Morgan fingerprint density at radius 2 is 1.63 bits per heavy atom. The Hall–Kier alpha value is -3.28. The molecule has 256 valence electrons. The lowest BCUT2D eigenvalue weighted by Crippen LogP contribution is -2.61. The SMILES string of the molecule is CC(C)COc1c(C(=O)NC2C3CC4CC2CC(O)(C4)C3)cnn1C=CC(C)(C)COC(=O)N1CCN(C(=O)OC(C)(C)C)CC1. The van der Waals surface area contributed by atoms with Crippen molar-refractivity contribution in [3.05, 3.63) is 17.8 Å². The van der Waals surface area contributed by atoms with Crippen LogP contribution in [-0.4, -0.2) is 99.4 Å². The fourth-order valence-electron chi connectivity index (χ4n) is 7.51. The molecule has 12 nitrogen and oxygen atoms in total. The molecule has 2 heterocycles. The third kappa shape index (κ3) is 8.16. The Labute approximate surface area is 272 Å². The van der Waals surface area contributed by atoms with Gasteiger partial charge < -0.3 is 34.4 Å². The molecule has 2 unspecified atom stereocenters. The predicted molar refractivity (Wildman–Crippen MR) is 172 cm³/mol. The number of aromatic nitrogens is 2. The molecule has 0 radical (unpaired) electrons. The maximum Gasteiger partial charge on any atom is 0.410 e. The number of amides is 3. The number of carbonyl (C=O) groups is 3. The number of hydrogen-bond donors (Lipinski definition) is 2. The molecule has 4 aliphatic carbocycles. The quantitative estimate of drug-likeness (QED) is 0.393. The Kier molecular flexibility index (Phi) is 9.69. The molecule has 5 aliphatic rings. The Morgan fingerprint density at radius 3 is 2.20 bits per heavy atom. The monoisotopic (exact) mass is 643 g/mol. The molecule has 4 saturated carbocycles. The van der Waals surface area contributed by atoms with E-state index in [2.05, 4.69) is 10.4 Å². The van der Waals surface area contributed by atoms with E-state index in [0.29, 0.717) is 62.0 Å². The van der Waals surface area contributed by atoms with Gasteiger partial charge in [-0.25, -0.2) is 14.3 Å². The summed E-state index contributed by atoms with van der Waals surface area (Å²) in [4.78, 5) is 42.0. The van der Waals surface area contributed by atoms with E-state index in [9.17, 15) is 19.5 Å². The van der Waals surface area contributed by atoms with Crippen LogP contribution in [0, 0.1) is 29.1 Å². The molecular formula is C34H53N5O7. The minimum Gasteiger partial charge on any atom is -0.477 e. The maximum atomic E-state index is 13.6. The van der Waals surface area contributed by atoms with Gasteiger partial charge in [0.15, 0.2) is 0 Å². The van der Waals surface area contributed by atoms with Crippen LogP contribution in [0.2, 0.25) is 0 Å². The second kappa shape index (κ2) is 13.1. The van der Waals surface area contributed by atoms with Crippen LogP contribution >= 0.6 is 0 Å². The minimum atomic E-state index is -0.572. The molecule has 12 heteroatoms. The van der Waals surface area contributed by atoms with E-state index in [1.165, 1.54) is 0 Å². The number of carbonyl (C=O) groups excluding carboxylic acids is 3. The average Bonchev–Trinajstić information content (AvgIpc) is 3.37. The van der Waals surface area contributed by atoms with E-state index in [0.717, 1.165) is 32.1 Å². The Morgan fingerprint density at radius 1 is 1.02 bits per heavy atom. The molecule has 4 bridgehead atoms. The highest BCUT2D eigenvalue weighted by Gasteiger charge is 2.55. The van der Waals surface area contributed by atoms with Crippen LogP contribution in [-0.2, 0) is 9.47 Å². The first-order valence-corrected chi connectivity index (χ1v) is 16.8. The van der Waals surface area contributed by atoms with Gasteiger partial charge in [0.05, 0.1) is 18.4 Å². The van der Waals surface area contributed by atoms with Crippen LogP contribution in [0.15, 0.2) is 12.3 Å². The van der Waals surface area contributed by atoms with Crippen molar-refractivity contribution in [3.63, 3.8) is 0 Å². The van der Waals surface area contributed by atoms with E-state index in [1.807, 2.05) is 54.5 Å². The summed E-state index contributed by atoms with van der Waals surface area (Å²) in [5.41, 5.74) is -1.29. The van der Waals surface area contributed by atoms with E-state index in [-0.39, 0.29) is 30.6 Å². The van der Waals surface area contributed by atoms with Crippen LogP contribution in [0.5, 0.6) is 5.88 Å². The molecule has 1 saturated heterocycles. The van der Waals surface area contributed by atoms with E-state index in [4.69, 9.17) is 14.2 Å². The molecular weight excluding hydrogens is 590 g/mol. The molecule has 2 N–H and O–H groups in total. The summed E-state index contributed by atoms with van der Waals surface area (Å²) in [7, 11) is 0. The first-order chi connectivity index (χ1) is 21.5. The summed E-state index contributed by atoms with van der Waals surface area (Å²) in [5, 5.41) is 18.7. The molecule has 46 heavy (non-hydrogen) atoms. The number of nitrogens with zero attached hydrogens (tertiary/aromatic N) is 4. The van der Waals surface area contributed by atoms with Crippen molar-refractivity contribution in [2.45, 2.75) is 97.8 Å². The molecule has 6 rings (SSSR count). The Balaban J connectivity index is 1.18. The third-order valence-electron chi connectivity index (χ3n) is 9.51. The molecule has 1 aromatic heterocycles. The van der Waals surface area contributed by atoms with Gasteiger partial charge in [-0.3, -0.25) is 4.79 Å². The normalized spacial score (nSPS) is 27.8. The van der Waals surface area contributed by atoms with Crippen LogP contribution in [0.4, 0.5) is 9.59 Å². The van der Waals surface area contributed by atoms with E-state index < -0.39 is 22.7 Å². The maximum absolute atomic E-state index is 13.6. The Bertz CT molecular complexity index is 1290. The minimum absolute atomic E-state index is 0.0510. The van der Waals surface area contributed by atoms with E-state index >= 15 is 0 Å². The standard InChI is InChI=1S/C34H53N5O7/c1-22(2)20-44-29-26(28(40)36-27-24-14-23-15-25(27)18-34(43,16-23)17-24)19-35-39(29)9-8-33(6,7)21-45-30(41)37-10-12-38(13-11-37)31(42)46-32(3,4)5/h8-9,19,22-25,27,43H,10-18,20-21H2,1-7H3,(H,36,40). The lowest BCUT2D eigenvalue weighted by atomic mass is 9.52. The second-order valence-corrected chi connectivity index (χ2v) is 16.0. The van der Waals surface area contributed by atoms with Gasteiger partial charge in [0, 0.05) is 43.8 Å². The first-order valence-electron chi connectivity index (χ1n) is 16.8. The summed E-state index contributed by atoms with van der Waals surface area (Å²) in [6.45, 7) is 15.5. The zero-order valence-corrected chi connectivity index (χ0v) is 28.6. The number of rotatable bonds is 9. The summed E-state index contributed by atoms with van der Waals surface area (Å²) in [6, 6.07) is 0.0510. The van der Waals surface area contributed by atoms with Gasteiger partial charge in [0.1, 0.15) is 17.8 Å². The number of nitrogens with one attached hydrogen (secondary N) is 1. The van der Waals surface area contributed by atoms with Crippen molar-refractivity contribution < 1.29 is 33.7 Å². The van der Waals surface area contributed by atoms with Gasteiger partial charge in [-0.15, -0.1) is 0 Å². The lowest BCUT2D eigenvalue weighted by molar-refractivity contribution is -0.136. The smallest absolute Gasteiger partial charge is 0.410 e. The summed E-state index contributed by atoms with van der Waals surface area (Å²) >= 11 is 0. The van der Waals surface area contributed by atoms with Crippen LogP contribution < -0.4 is 10.1 Å². The number of aliphatic hydroxyl groups is 1. The second-order valence-electron chi connectivity index (χ2n) is 16.0. The van der Waals surface area contributed by atoms with Gasteiger partial charge in [0.25, 0.3) is 5.91 Å². The van der Waals surface area contributed by atoms with Gasteiger partial charge in [-0.2, -0.15) is 5.10 Å². The van der Waals surface area contributed by atoms with Gasteiger partial charge in [-0.05, 0) is 76.5 Å². The lowest BCUT2D eigenvalue weighted by Gasteiger charge is -2.58. The zero-order valence-electron chi connectivity index (χ0n) is 28.6. The van der Waals surface area contributed by atoms with Crippen LogP contribution in [0.1, 0.15) is 90.9 Å². The van der Waals surface area contributed by atoms with Crippen molar-refractivity contribution in [2.24, 2.45) is 29.1 Å². The largest absolute Gasteiger partial charge is 0.477 e. The molecule has 5 fully saturated rings. The zero-order chi connectivity index (χ0) is 33.4. The number of piperazine rings is 1. The van der Waals surface area contributed by atoms with E-state index in [1.54, 1.807) is 26.9 Å². The summed E-state index contributed by atoms with van der Waals surface area (Å²) < 4.78 is 18.8. The highest BCUT2D eigenvalue weighted by Crippen LogP contribution is 2.55. The fraction of sp³-hybridized carbons (Fsp3) is 0.765.